The summed E-state index contributed by atoms with van der Waals surface area (Å²) in [5, 5.41) is 11.7. The Kier molecular flexibility index (Phi) is 6.48. The van der Waals surface area contributed by atoms with Crippen LogP contribution in [0.3, 0.4) is 0 Å². The first kappa shape index (κ1) is 22.6. The van der Waals surface area contributed by atoms with Crippen molar-refractivity contribution < 1.29 is 44.6 Å². The van der Waals surface area contributed by atoms with Crippen molar-refractivity contribution in [3.05, 3.63) is 59.7 Å². The number of rotatable bonds is 3. The number of ether oxygens (including phenoxy) is 1. The molecule has 2 heterocycles. The molecule has 2 aromatic rings. The third kappa shape index (κ3) is 4.07. The summed E-state index contributed by atoms with van der Waals surface area (Å²) >= 11 is 0. The lowest BCUT2D eigenvalue weighted by atomic mass is 10.0. The second-order valence-corrected chi connectivity index (χ2v) is 7.56. The fourth-order valence-electron chi connectivity index (χ4n) is 4.27. The average molecular weight is 485 g/mol. The molecule has 0 aromatic heterocycles. The Bertz CT molecular complexity index is 931. The van der Waals surface area contributed by atoms with Crippen molar-refractivity contribution in [3.63, 3.8) is 0 Å². The van der Waals surface area contributed by atoms with Crippen molar-refractivity contribution in [2.24, 2.45) is 0 Å². The molecular weight excluding hydrogens is 461 g/mol. The van der Waals surface area contributed by atoms with E-state index >= 15 is 0 Å². The van der Waals surface area contributed by atoms with Gasteiger partial charge in [-0.25, -0.2) is 9.48 Å². The van der Waals surface area contributed by atoms with E-state index in [1.165, 1.54) is 6.07 Å². The van der Waals surface area contributed by atoms with Gasteiger partial charge in [-0.15, -0.1) is 0 Å². The first-order chi connectivity index (χ1) is 13.8. The van der Waals surface area contributed by atoms with Gasteiger partial charge in [-0.2, -0.15) is 13.2 Å². The molecule has 0 amide bonds. The van der Waals surface area contributed by atoms with Crippen LogP contribution in [0, 0.1) is 0 Å². The molecule has 1 N–H and O–H groups in total. The number of alkyl halides is 3. The topological polar surface area (TPSA) is 35.7 Å². The largest absolute Gasteiger partial charge is 1.00 e. The standard InChI is InChI=1S/C22H24F3N2O2.BrH/c1-29-19-11-9-16(10-12-19)21(28)15-26(20-8-3-2-4-13-27(20)21)18-7-5-6-17(14-18)22(23,24)25;/h5-7,9-12,14,28H,2-4,8,13,15H2,1H3;1H/q+1;/p-1. The van der Waals surface area contributed by atoms with Gasteiger partial charge < -0.3 is 26.8 Å². The lowest BCUT2D eigenvalue weighted by molar-refractivity contribution is -0.658. The van der Waals surface area contributed by atoms with Gasteiger partial charge in [0.2, 0.25) is 0 Å². The molecular formula is C22H24BrF3N2O2. The molecule has 0 fully saturated rings. The van der Waals surface area contributed by atoms with E-state index < -0.39 is 17.5 Å². The molecule has 0 bridgehead atoms. The number of hydrogen-bond acceptors (Lipinski definition) is 3. The zero-order valence-corrected chi connectivity index (χ0v) is 18.2. The van der Waals surface area contributed by atoms with Crippen molar-refractivity contribution in [1.29, 1.82) is 0 Å². The molecule has 4 rings (SSSR count). The summed E-state index contributed by atoms with van der Waals surface area (Å²) in [6.45, 7) is 0.837. The van der Waals surface area contributed by atoms with Crippen molar-refractivity contribution in [3.8, 4) is 5.75 Å². The summed E-state index contributed by atoms with van der Waals surface area (Å²) in [4.78, 5) is 1.84. The molecule has 0 aliphatic carbocycles. The third-order valence-electron chi connectivity index (χ3n) is 5.77. The van der Waals surface area contributed by atoms with Crippen LogP contribution in [0.5, 0.6) is 5.75 Å². The first-order valence-corrected chi connectivity index (χ1v) is 9.78. The predicted octanol–water partition coefficient (Wildman–Crippen LogP) is 1.37. The maximum Gasteiger partial charge on any atom is 0.416 e. The molecule has 0 saturated carbocycles. The van der Waals surface area contributed by atoms with Gasteiger partial charge in [-0.3, -0.25) is 0 Å². The third-order valence-corrected chi connectivity index (χ3v) is 5.77. The Morgan fingerprint density at radius 3 is 2.47 bits per heavy atom. The normalized spacial score (nSPS) is 21.7. The molecule has 2 aliphatic heterocycles. The minimum absolute atomic E-state index is 0. The van der Waals surface area contributed by atoms with E-state index in [2.05, 4.69) is 0 Å². The summed E-state index contributed by atoms with van der Waals surface area (Å²) in [6.07, 6.45) is -0.794. The summed E-state index contributed by atoms with van der Waals surface area (Å²) < 4.78 is 46.9. The van der Waals surface area contributed by atoms with E-state index in [0.29, 0.717) is 30.0 Å². The fourth-order valence-corrected chi connectivity index (χ4v) is 4.27. The zero-order valence-electron chi connectivity index (χ0n) is 16.6. The van der Waals surface area contributed by atoms with Gasteiger partial charge in [-0.05, 0) is 61.7 Å². The summed E-state index contributed by atoms with van der Waals surface area (Å²) in [7, 11) is 1.58. The van der Waals surface area contributed by atoms with E-state index in [1.54, 1.807) is 25.3 Å². The van der Waals surface area contributed by atoms with Gasteiger partial charge in [0.25, 0.3) is 11.6 Å². The highest BCUT2D eigenvalue weighted by atomic mass is 79.9. The maximum atomic E-state index is 13.2. The Labute approximate surface area is 184 Å². The van der Waals surface area contributed by atoms with Crippen LogP contribution < -0.4 is 26.6 Å². The smallest absolute Gasteiger partial charge is 0.416 e. The Balaban J connectivity index is 0.00000256. The minimum atomic E-state index is -4.41. The molecule has 162 valence electrons. The van der Waals surface area contributed by atoms with Gasteiger partial charge in [0.15, 0.2) is 6.54 Å². The molecule has 30 heavy (non-hydrogen) atoms. The molecule has 4 nitrogen and oxygen atoms in total. The molecule has 8 heteroatoms. The minimum Gasteiger partial charge on any atom is -1.00 e. The number of halogens is 4. The second-order valence-electron chi connectivity index (χ2n) is 7.56. The Hall–Kier alpha value is -2.06. The average Bonchev–Trinajstić information content (AvgIpc) is 2.87. The van der Waals surface area contributed by atoms with E-state index in [-0.39, 0.29) is 23.5 Å². The van der Waals surface area contributed by atoms with Gasteiger partial charge in [0, 0.05) is 12.0 Å². The van der Waals surface area contributed by atoms with Gasteiger partial charge in [-0.1, -0.05) is 6.07 Å². The van der Waals surface area contributed by atoms with E-state index in [9.17, 15) is 18.3 Å². The Morgan fingerprint density at radius 1 is 1.07 bits per heavy atom. The number of benzene rings is 2. The highest BCUT2D eigenvalue weighted by Gasteiger charge is 2.52. The summed E-state index contributed by atoms with van der Waals surface area (Å²) in [5.74, 6) is 1.56. The summed E-state index contributed by atoms with van der Waals surface area (Å²) in [6, 6.07) is 12.5. The lowest BCUT2D eigenvalue weighted by Crippen LogP contribution is -3.00. The van der Waals surface area contributed by atoms with Gasteiger partial charge in [0.05, 0.1) is 19.2 Å². The van der Waals surface area contributed by atoms with Crippen LogP contribution in [-0.2, 0) is 11.9 Å². The van der Waals surface area contributed by atoms with Crippen LogP contribution in [0.1, 0.15) is 36.8 Å². The molecule has 0 radical (unpaired) electrons. The quantitative estimate of drug-likeness (QED) is 0.668. The molecule has 0 spiro atoms. The van der Waals surface area contributed by atoms with Crippen LogP contribution >= 0.6 is 0 Å². The van der Waals surface area contributed by atoms with Crippen LogP contribution in [0.25, 0.3) is 0 Å². The number of anilines is 1. The molecule has 1 atom stereocenters. The van der Waals surface area contributed by atoms with Crippen LogP contribution in [0.2, 0.25) is 0 Å². The molecule has 0 saturated heterocycles. The number of aliphatic hydroxyl groups is 1. The van der Waals surface area contributed by atoms with E-state index in [0.717, 1.165) is 37.2 Å². The molecule has 2 aromatic carbocycles. The number of amidine groups is 1. The van der Waals surface area contributed by atoms with E-state index in [4.69, 9.17) is 4.74 Å². The van der Waals surface area contributed by atoms with E-state index in [1.807, 2.05) is 21.6 Å². The lowest BCUT2D eigenvalue weighted by Gasteiger charge is -2.23. The number of methoxy groups -OCH3 is 1. The highest BCUT2D eigenvalue weighted by Crippen LogP contribution is 2.38. The molecule has 1 unspecified atom stereocenters. The zero-order chi connectivity index (χ0) is 20.6. The van der Waals surface area contributed by atoms with Gasteiger partial charge >= 0.3 is 6.18 Å². The fraction of sp³-hybridized carbons (Fsp3) is 0.409. The number of β-amino-alcohol motifs (C(OH)–C–C–N with tert-alkyl or cyclic N) is 1. The van der Waals surface area contributed by atoms with Crippen molar-refractivity contribution in [2.75, 3.05) is 25.1 Å². The summed E-state index contributed by atoms with van der Waals surface area (Å²) in [5.41, 5.74) is -0.839. The van der Waals surface area contributed by atoms with Crippen LogP contribution in [-0.4, -0.2) is 35.7 Å². The Morgan fingerprint density at radius 2 is 1.80 bits per heavy atom. The van der Waals surface area contributed by atoms with Gasteiger partial charge in [0.1, 0.15) is 11.4 Å². The predicted molar refractivity (Wildman–Crippen MR) is 104 cm³/mol. The molecule has 2 aliphatic rings. The van der Waals surface area contributed by atoms with Crippen molar-refractivity contribution in [1.82, 2.24) is 0 Å². The highest BCUT2D eigenvalue weighted by molar-refractivity contribution is 5.96. The monoisotopic (exact) mass is 484 g/mol. The second kappa shape index (κ2) is 8.59. The van der Waals surface area contributed by atoms with Crippen molar-refractivity contribution in [2.45, 2.75) is 37.6 Å². The van der Waals surface area contributed by atoms with Crippen LogP contribution in [0.15, 0.2) is 48.5 Å². The number of nitrogens with zero attached hydrogens (tertiary/aromatic N) is 2. The maximum absolute atomic E-state index is 13.2. The first-order valence-electron chi connectivity index (χ1n) is 9.78. The van der Waals surface area contributed by atoms with Crippen LogP contribution in [0.4, 0.5) is 18.9 Å². The van der Waals surface area contributed by atoms with Crippen molar-refractivity contribution >= 4 is 11.5 Å². The number of hydrogen-bond donors (Lipinski definition) is 1. The SMILES string of the molecule is COc1ccc(C2(O)CN(c3cccc(C(F)(F)F)c3)C3=[N+]2CCCCC3)cc1.[Br-].